The number of carboxylic acids is 2. The molecule has 5 N–H and O–H groups in total. The molecule has 1 amide bonds. The van der Waals surface area contributed by atoms with Crippen LogP contribution in [-0.4, -0.2) is 52.6 Å². The Kier molecular flexibility index (Phi) is 6.81. The van der Waals surface area contributed by atoms with Crippen molar-refractivity contribution >= 4 is 35.3 Å². The third kappa shape index (κ3) is 5.09. The first kappa shape index (κ1) is 21.6. The number of hydrogen-bond donors (Lipinski definition) is 4. The molecule has 1 aromatic carbocycles. The first-order valence-electron chi connectivity index (χ1n) is 9.83. The maximum atomic E-state index is 12.9. The second-order valence-electron chi connectivity index (χ2n) is 7.74. The van der Waals surface area contributed by atoms with Crippen LogP contribution in [0.1, 0.15) is 32.1 Å². The van der Waals surface area contributed by atoms with Crippen LogP contribution in [0.4, 0.5) is 5.69 Å². The number of amides is 1. The summed E-state index contributed by atoms with van der Waals surface area (Å²) in [7, 11) is 0. The highest BCUT2D eigenvalue weighted by Gasteiger charge is 2.46. The van der Waals surface area contributed by atoms with E-state index in [0.29, 0.717) is 22.9 Å². The molecule has 0 bridgehead atoms. The Hall–Kier alpha value is -2.10. The molecular formula is C20H27N3O5S. The van der Waals surface area contributed by atoms with Crippen LogP contribution in [0.25, 0.3) is 0 Å². The van der Waals surface area contributed by atoms with Crippen molar-refractivity contribution in [2.24, 2.45) is 17.6 Å². The lowest BCUT2D eigenvalue weighted by Crippen LogP contribution is -2.50. The quantitative estimate of drug-likeness (QED) is 0.523. The Morgan fingerprint density at radius 3 is 2.62 bits per heavy atom. The summed E-state index contributed by atoms with van der Waals surface area (Å²) in [5.41, 5.74) is 7.05. The predicted molar refractivity (Wildman–Crippen MR) is 110 cm³/mol. The zero-order chi connectivity index (χ0) is 21.0. The largest absolute Gasteiger partial charge is 0.481 e. The summed E-state index contributed by atoms with van der Waals surface area (Å²) in [6, 6.07) is 6.91. The molecule has 2 aliphatic rings. The van der Waals surface area contributed by atoms with Crippen molar-refractivity contribution in [3.63, 3.8) is 0 Å². The molecule has 158 valence electrons. The normalized spacial score (nSPS) is 23.9. The number of carbonyl (C=O) groups is 3. The number of nitrogens with two attached hydrogens (primary N) is 1. The van der Waals surface area contributed by atoms with E-state index < -0.39 is 35.2 Å². The van der Waals surface area contributed by atoms with Gasteiger partial charge in [-0.15, -0.1) is 11.8 Å². The molecular weight excluding hydrogens is 394 g/mol. The van der Waals surface area contributed by atoms with Gasteiger partial charge in [-0.05, 0) is 56.8 Å². The van der Waals surface area contributed by atoms with Gasteiger partial charge in [0.25, 0.3) is 0 Å². The average molecular weight is 422 g/mol. The number of thioether (sulfide) groups is 1. The molecule has 0 aromatic heterocycles. The van der Waals surface area contributed by atoms with E-state index >= 15 is 0 Å². The number of anilines is 1. The molecule has 0 radical (unpaired) electrons. The van der Waals surface area contributed by atoms with Gasteiger partial charge in [-0.2, -0.15) is 0 Å². The number of aliphatic carboxylic acids is 2. The molecule has 0 saturated carbocycles. The van der Waals surface area contributed by atoms with E-state index in [1.807, 2.05) is 0 Å². The molecule has 29 heavy (non-hydrogen) atoms. The Morgan fingerprint density at radius 2 is 1.97 bits per heavy atom. The summed E-state index contributed by atoms with van der Waals surface area (Å²) in [4.78, 5) is 36.8. The number of hydrogen-bond acceptors (Lipinski definition) is 6. The summed E-state index contributed by atoms with van der Waals surface area (Å²) < 4.78 is 0. The minimum atomic E-state index is -1.35. The van der Waals surface area contributed by atoms with Crippen LogP contribution in [0.3, 0.4) is 0 Å². The van der Waals surface area contributed by atoms with Crippen molar-refractivity contribution in [2.45, 2.75) is 41.9 Å². The number of nitrogens with zero attached hydrogens (tertiary/aromatic N) is 1. The van der Waals surface area contributed by atoms with Gasteiger partial charge in [0.05, 0.1) is 22.9 Å². The van der Waals surface area contributed by atoms with Crippen molar-refractivity contribution in [3.8, 4) is 0 Å². The fourth-order valence-corrected chi connectivity index (χ4v) is 5.52. The lowest BCUT2D eigenvalue weighted by Gasteiger charge is -2.34. The third-order valence-corrected chi connectivity index (χ3v) is 7.06. The molecule has 0 unspecified atom stereocenters. The smallest absolute Gasteiger partial charge is 0.323 e. The SMILES string of the molecule is N[C@]1([C@@H](CCC2CCNCC2)C(=O)O)CC(=O)N(CC(=O)O)c2ccccc2S1. The van der Waals surface area contributed by atoms with E-state index in [9.17, 15) is 24.6 Å². The summed E-state index contributed by atoms with van der Waals surface area (Å²) in [5.74, 6) is -3.09. The first-order chi connectivity index (χ1) is 13.8. The number of rotatable bonds is 7. The van der Waals surface area contributed by atoms with Crippen molar-refractivity contribution in [2.75, 3.05) is 24.5 Å². The van der Waals surface area contributed by atoms with Gasteiger partial charge in [-0.1, -0.05) is 12.1 Å². The van der Waals surface area contributed by atoms with Crippen LogP contribution >= 0.6 is 11.8 Å². The molecule has 1 saturated heterocycles. The van der Waals surface area contributed by atoms with E-state index in [1.165, 1.54) is 16.7 Å². The highest BCUT2D eigenvalue weighted by molar-refractivity contribution is 8.00. The molecule has 0 aliphatic carbocycles. The van der Waals surface area contributed by atoms with Crippen LogP contribution < -0.4 is 16.0 Å². The molecule has 1 fully saturated rings. The molecule has 2 atom stereocenters. The number of para-hydroxylation sites is 1. The zero-order valence-electron chi connectivity index (χ0n) is 16.2. The first-order valence-corrected chi connectivity index (χ1v) is 10.6. The van der Waals surface area contributed by atoms with Gasteiger partial charge in [0, 0.05) is 4.90 Å². The molecule has 2 heterocycles. The number of carbonyl (C=O) groups excluding carboxylic acids is 1. The lowest BCUT2D eigenvalue weighted by atomic mass is 9.85. The van der Waals surface area contributed by atoms with Crippen molar-refractivity contribution < 1.29 is 24.6 Å². The average Bonchev–Trinajstić information content (AvgIpc) is 2.76. The summed E-state index contributed by atoms with van der Waals surface area (Å²) >= 11 is 1.17. The van der Waals surface area contributed by atoms with Crippen molar-refractivity contribution in [1.29, 1.82) is 0 Å². The number of benzene rings is 1. The Bertz CT molecular complexity index is 783. The number of nitrogens with one attached hydrogen (secondary N) is 1. The van der Waals surface area contributed by atoms with Crippen molar-refractivity contribution in [1.82, 2.24) is 5.32 Å². The third-order valence-electron chi connectivity index (χ3n) is 5.69. The van der Waals surface area contributed by atoms with Crippen molar-refractivity contribution in [3.05, 3.63) is 24.3 Å². The Balaban J connectivity index is 1.87. The van der Waals surface area contributed by atoms with E-state index in [-0.39, 0.29) is 6.42 Å². The second kappa shape index (κ2) is 9.15. The predicted octanol–water partition coefficient (Wildman–Crippen LogP) is 1.74. The highest BCUT2D eigenvalue weighted by atomic mass is 32.2. The zero-order valence-corrected chi connectivity index (χ0v) is 17.0. The van der Waals surface area contributed by atoms with E-state index in [2.05, 4.69) is 5.32 Å². The monoisotopic (exact) mass is 421 g/mol. The molecule has 0 spiro atoms. The molecule has 9 heteroatoms. The van der Waals surface area contributed by atoms with Gasteiger partial charge in [0.2, 0.25) is 5.91 Å². The maximum Gasteiger partial charge on any atom is 0.323 e. The van der Waals surface area contributed by atoms with Crippen LogP contribution in [0.15, 0.2) is 29.2 Å². The van der Waals surface area contributed by atoms with Gasteiger partial charge in [0.1, 0.15) is 6.54 Å². The van der Waals surface area contributed by atoms with Crippen LogP contribution in [0.5, 0.6) is 0 Å². The van der Waals surface area contributed by atoms with E-state index in [0.717, 1.165) is 32.4 Å². The van der Waals surface area contributed by atoms with E-state index in [4.69, 9.17) is 5.73 Å². The van der Waals surface area contributed by atoms with E-state index in [1.54, 1.807) is 24.3 Å². The van der Waals surface area contributed by atoms with Gasteiger partial charge < -0.3 is 21.3 Å². The van der Waals surface area contributed by atoms with Gasteiger partial charge in [0.15, 0.2) is 0 Å². The van der Waals surface area contributed by atoms with Crippen LogP contribution in [-0.2, 0) is 14.4 Å². The van der Waals surface area contributed by atoms with Gasteiger partial charge in [-0.25, -0.2) is 0 Å². The maximum absolute atomic E-state index is 12.9. The number of carboxylic acid groups (broad SMARTS) is 2. The Morgan fingerprint density at radius 1 is 1.28 bits per heavy atom. The fraction of sp³-hybridized carbons (Fsp3) is 0.550. The number of fused-ring (bicyclic) bond motifs is 1. The van der Waals surface area contributed by atoms with Crippen LogP contribution in [0.2, 0.25) is 0 Å². The van der Waals surface area contributed by atoms with Gasteiger partial charge >= 0.3 is 11.9 Å². The topological polar surface area (TPSA) is 133 Å². The minimum absolute atomic E-state index is 0.233. The Labute approximate surface area is 173 Å². The lowest BCUT2D eigenvalue weighted by molar-refractivity contribution is -0.144. The minimum Gasteiger partial charge on any atom is -0.481 e. The summed E-state index contributed by atoms with van der Waals surface area (Å²) in [6.45, 7) is 1.38. The molecule has 8 nitrogen and oxygen atoms in total. The summed E-state index contributed by atoms with van der Waals surface area (Å²) in [6.07, 6.45) is 2.91. The van der Waals surface area contributed by atoms with Crippen LogP contribution in [0, 0.1) is 11.8 Å². The fourth-order valence-electron chi connectivity index (χ4n) is 4.13. The second-order valence-corrected chi connectivity index (χ2v) is 9.14. The molecule has 2 aliphatic heterocycles. The molecule has 1 aromatic rings. The highest BCUT2D eigenvalue weighted by Crippen LogP contribution is 2.46. The summed E-state index contributed by atoms with van der Waals surface area (Å²) in [5, 5.41) is 22.5. The number of piperidine rings is 1. The standard InChI is InChI=1S/C20H27N3O5S/c21-20(14(19(27)28)6-5-13-7-9-22-10-8-13)11-17(24)23(12-18(25)26)15-3-1-2-4-16(15)29-20/h1-4,13-14,22H,5-12,21H2,(H,25,26)(H,27,28)/t14-,20+/m0/s1. The van der Waals surface area contributed by atoms with Gasteiger partial charge in [-0.3, -0.25) is 19.3 Å². The molecule has 3 rings (SSSR count).